The number of nitrogens with zero attached hydrogens (tertiary/aromatic N) is 1. The Labute approximate surface area is 131 Å². The molecule has 0 spiro atoms. The Kier molecular flexibility index (Phi) is 4.95. The van der Waals surface area contributed by atoms with E-state index in [1.54, 1.807) is 17.0 Å². The van der Waals surface area contributed by atoms with Gasteiger partial charge in [-0.1, -0.05) is 19.9 Å². The van der Waals surface area contributed by atoms with Crippen molar-refractivity contribution >= 4 is 21.8 Å². The highest BCUT2D eigenvalue weighted by Crippen LogP contribution is 2.24. The maximum Gasteiger partial charge on any atom is 0.409 e. The number of hydrogen-bond donors (Lipinski definition) is 1. The molecule has 1 heterocycles. The smallest absolute Gasteiger partial charge is 0.409 e. The second-order valence-electron chi connectivity index (χ2n) is 5.90. The van der Waals surface area contributed by atoms with Crippen LogP contribution in [0.4, 0.5) is 10.5 Å². The second-order valence-corrected chi connectivity index (χ2v) is 7.67. The van der Waals surface area contributed by atoms with Crippen LogP contribution in [0.15, 0.2) is 18.2 Å². The van der Waals surface area contributed by atoms with Gasteiger partial charge in [0.1, 0.15) is 0 Å². The van der Waals surface area contributed by atoms with Gasteiger partial charge in [-0.05, 0) is 35.6 Å². The van der Waals surface area contributed by atoms with Crippen molar-refractivity contribution in [2.45, 2.75) is 26.8 Å². The van der Waals surface area contributed by atoms with Gasteiger partial charge in [0, 0.05) is 18.8 Å². The molecule has 0 radical (unpaired) electrons. The van der Waals surface area contributed by atoms with Crippen LogP contribution in [0.2, 0.25) is 0 Å². The van der Waals surface area contributed by atoms with E-state index in [1.165, 1.54) is 7.11 Å². The number of anilines is 1. The summed E-state index contributed by atoms with van der Waals surface area (Å²) in [4.78, 5) is 13.2. The number of nitrogens with one attached hydrogen (secondary N) is 1. The molecule has 2 rings (SSSR count). The summed E-state index contributed by atoms with van der Waals surface area (Å²) in [5.74, 6) is 0.142. The number of carbonyl (C=O) groups is 1. The molecule has 122 valence electrons. The molecule has 1 aliphatic heterocycles. The van der Waals surface area contributed by atoms with Gasteiger partial charge >= 0.3 is 6.09 Å². The summed E-state index contributed by atoms with van der Waals surface area (Å²) in [6, 6.07) is 5.48. The molecule has 0 fully saturated rings. The second kappa shape index (κ2) is 6.56. The Bertz CT molecular complexity index is 656. The highest BCUT2D eigenvalue weighted by Gasteiger charge is 2.22. The fourth-order valence-corrected chi connectivity index (χ4v) is 4.01. The first kappa shape index (κ1) is 16.6. The van der Waals surface area contributed by atoms with E-state index in [4.69, 9.17) is 4.74 Å². The van der Waals surface area contributed by atoms with Gasteiger partial charge in [-0.2, -0.15) is 0 Å². The lowest BCUT2D eigenvalue weighted by molar-refractivity contribution is 0.118. The zero-order chi connectivity index (χ0) is 16.3. The summed E-state index contributed by atoms with van der Waals surface area (Å²) in [5, 5.41) is 0. The number of carbonyl (C=O) groups excluding carboxylic acids is 1. The lowest BCUT2D eigenvalue weighted by Crippen LogP contribution is -2.35. The molecule has 0 bridgehead atoms. The third-order valence-corrected chi connectivity index (χ3v) is 5.13. The number of amides is 1. The van der Waals surface area contributed by atoms with Crippen molar-refractivity contribution in [3.05, 3.63) is 29.3 Å². The molecule has 22 heavy (non-hydrogen) atoms. The zero-order valence-corrected chi connectivity index (χ0v) is 13.9. The van der Waals surface area contributed by atoms with E-state index >= 15 is 0 Å². The van der Waals surface area contributed by atoms with Gasteiger partial charge in [-0.25, -0.2) is 13.2 Å². The number of ether oxygens (including phenoxy) is 1. The number of benzene rings is 1. The number of methoxy groups -OCH3 is 1. The van der Waals surface area contributed by atoms with E-state index in [9.17, 15) is 13.2 Å². The molecule has 1 amide bonds. The lowest BCUT2D eigenvalue weighted by atomic mass is 9.99. The van der Waals surface area contributed by atoms with Crippen molar-refractivity contribution in [2.75, 3.05) is 24.1 Å². The number of sulfonamides is 1. The average molecular weight is 326 g/mol. The Balaban J connectivity index is 2.16. The van der Waals surface area contributed by atoms with E-state index in [2.05, 4.69) is 4.72 Å². The molecule has 1 aliphatic rings. The van der Waals surface area contributed by atoms with Crippen molar-refractivity contribution in [1.29, 1.82) is 0 Å². The molecule has 6 nitrogen and oxygen atoms in total. The van der Waals surface area contributed by atoms with E-state index < -0.39 is 10.0 Å². The maximum atomic E-state index is 12.0. The molecule has 1 aromatic rings. The normalized spacial score (nSPS) is 14.6. The molecule has 1 N–H and O–H groups in total. The predicted octanol–water partition coefficient (Wildman–Crippen LogP) is 2.21. The number of rotatable bonds is 4. The van der Waals surface area contributed by atoms with Crippen LogP contribution in [0, 0.1) is 5.92 Å². The Morgan fingerprint density at radius 2 is 2.09 bits per heavy atom. The summed E-state index contributed by atoms with van der Waals surface area (Å²) in [7, 11) is -1.99. The molecule has 0 aromatic heterocycles. The van der Waals surface area contributed by atoms with Gasteiger partial charge in [0.15, 0.2) is 0 Å². The third kappa shape index (κ3) is 4.13. The largest absolute Gasteiger partial charge is 0.453 e. The van der Waals surface area contributed by atoms with Gasteiger partial charge in [-0.15, -0.1) is 0 Å². The van der Waals surface area contributed by atoms with Crippen LogP contribution in [-0.4, -0.2) is 38.8 Å². The predicted molar refractivity (Wildman–Crippen MR) is 85.2 cm³/mol. The highest BCUT2D eigenvalue weighted by atomic mass is 32.2. The molecular weight excluding hydrogens is 304 g/mol. The molecule has 0 unspecified atom stereocenters. The van der Waals surface area contributed by atoms with E-state index in [-0.39, 0.29) is 17.8 Å². The summed E-state index contributed by atoms with van der Waals surface area (Å²) in [5.41, 5.74) is 2.61. The van der Waals surface area contributed by atoms with Crippen LogP contribution in [0.25, 0.3) is 0 Å². The molecular formula is C15H22N2O4S. The van der Waals surface area contributed by atoms with Gasteiger partial charge in [0.25, 0.3) is 0 Å². The topological polar surface area (TPSA) is 75.7 Å². The minimum absolute atomic E-state index is 0.0601. The Morgan fingerprint density at radius 3 is 2.73 bits per heavy atom. The van der Waals surface area contributed by atoms with E-state index in [1.807, 2.05) is 19.9 Å². The third-order valence-electron chi connectivity index (χ3n) is 3.48. The van der Waals surface area contributed by atoms with Gasteiger partial charge in [0.05, 0.1) is 12.9 Å². The van der Waals surface area contributed by atoms with E-state index in [0.717, 1.165) is 17.5 Å². The molecule has 1 aromatic carbocycles. The zero-order valence-electron chi connectivity index (χ0n) is 13.1. The van der Waals surface area contributed by atoms with E-state index in [0.29, 0.717) is 18.8 Å². The maximum absolute atomic E-state index is 12.0. The first-order chi connectivity index (χ1) is 10.3. The quantitative estimate of drug-likeness (QED) is 0.920. The molecule has 7 heteroatoms. The minimum atomic E-state index is -3.35. The van der Waals surface area contributed by atoms with Crippen molar-refractivity contribution in [1.82, 2.24) is 4.90 Å². The van der Waals surface area contributed by atoms with Crippen LogP contribution in [0.3, 0.4) is 0 Å². The Hall–Kier alpha value is -1.76. The Morgan fingerprint density at radius 1 is 1.36 bits per heavy atom. The van der Waals surface area contributed by atoms with Crippen LogP contribution in [0.1, 0.15) is 25.0 Å². The van der Waals surface area contributed by atoms with Crippen LogP contribution in [-0.2, 0) is 27.7 Å². The van der Waals surface area contributed by atoms with Crippen molar-refractivity contribution in [3.63, 3.8) is 0 Å². The molecule has 0 atom stereocenters. The minimum Gasteiger partial charge on any atom is -0.453 e. The lowest BCUT2D eigenvalue weighted by Gasteiger charge is -2.28. The summed E-state index contributed by atoms with van der Waals surface area (Å²) in [6.45, 7) is 4.76. The van der Waals surface area contributed by atoms with Crippen LogP contribution in [0.5, 0.6) is 0 Å². The molecule has 0 saturated carbocycles. The van der Waals surface area contributed by atoms with Crippen molar-refractivity contribution in [2.24, 2.45) is 5.92 Å². The first-order valence-electron chi connectivity index (χ1n) is 7.26. The van der Waals surface area contributed by atoms with Gasteiger partial charge in [0.2, 0.25) is 10.0 Å². The fourth-order valence-electron chi connectivity index (χ4n) is 2.57. The monoisotopic (exact) mass is 326 g/mol. The van der Waals surface area contributed by atoms with Crippen LogP contribution < -0.4 is 4.72 Å². The van der Waals surface area contributed by atoms with Crippen molar-refractivity contribution < 1.29 is 17.9 Å². The SMILES string of the molecule is COC(=O)N1CCc2ccc(NS(=O)(=O)CC(C)C)cc2C1. The van der Waals surface area contributed by atoms with Gasteiger partial charge in [-0.3, -0.25) is 4.72 Å². The number of fused-ring (bicyclic) bond motifs is 1. The summed E-state index contributed by atoms with van der Waals surface area (Å²) >= 11 is 0. The average Bonchev–Trinajstić information content (AvgIpc) is 2.43. The summed E-state index contributed by atoms with van der Waals surface area (Å²) < 4.78 is 31.3. The highest BCUT2D eigenvalue weighted by molar-refractivity contribution is 7.92. The molecule has 0 aliphatic carbocycles. The molecule has 0 saturated heterocycles. The summed E-state index contributed by atoms with van der Waals surface area (Å²) in [6.07, 6.45) is 0.375. The van der Waals surface area contributed by atoms with Gasteiger partial charge < -0.3 is 9.64 Å². The fraction of sp³-hybridized carbons (Fsp3) is 0.533. The number of hydrogen-bond acceptors (Lipinski definition) is 4. The van der Waals surface area contributed by atoms with Crippen molar-refractivity contribution in [3.8, 4) is 0 Å². The standard InChI is InChI=1S/C15H22N2O4S/c1-11(2)10-22(19,20)16-14-5-4-12-6-7-17(15(18)21-3)9-13(12)8-14/h4-5,8,11,16H,6-7,9-10H2,1-3H3. The van der Waals surface area contributed by atoms with Crippen LogP contribution >= 0.6 is 0 Å². The first-order valence-corrected chi connectivity index (χ1v) is 8.91.